The molecule has 0 unspecified atom stereocenters. The molecule has 3 atom stereocenters. The number of likely N-dealkylation sites (tertiary alicyclic amines) is 1. The largest absolute Gasteiger partial charge is 0.352 e. The Morgan fingerprint density at radius 1 is 0.833 bits per heavy atom. The van der Waals surface area contributed by atoms with Gasteiger partial charge in [0, 0.05) is 32.2 Å². The number of carbonyl (C=O) groups is 4. The molecule has 0 saturated carbocycles. The van der Waals surface area contributed by atoms with Gasteiger partial charge in [-0.1, -0.05) is 106 Å². The molecule has 0 bridgehead atoms. The third-order valence-corrected chi connectivity index (χ3v) is 8.96. The van der Waals surface area contributed by atoms with E-state index < -0.39 is 17.5 Å². The Bertz CT molecular complexity index is 1500. The van der Waals surface area contributed by atoms with E-state index in [9.17, 15) is 19.2 Å². The van der Waals surface area contributed by atoms with Gasteiger partial charge in [-0.05, 0) is 54.5 Å². The van der Waals surface area contributed by atoms with Gasteiger partial charge in [0.1, 0.15) is 6.04 Å². The molecule has 9 nitrogen and oxygen atoms in total. The summed E-state index contributed by atoms with van der Waals surface area (Å²) in [6, 6.07) is 26.0. The Morgan fingerprint density at radius 3 is 2.00 bits per heavy atom. The van der Waals surface area contributed by atoms with Crippen LogP contribution in [0, 0.1) is 5.41 Å². The highest BCUT2D eigenvalue weighted by Gasteiger charge is 2.40. The molecule has 1 heterocycles. The molecule has 1 aliphatic rings. The molecule has 4 rings (SSSR count). The molecule has 0 aromatic heterocycles. The van der Waals surface area contributed by atoms with Crippen molar-refractivity contribution in [2.75, 3.05) is 20.1 Å². The van der Waals surface area contributed by atoms with Crippen LogP contribution in [0.3, 0.4) is 0 Å². The second-order valence-corrected chi connectivity index (χ2v) is 13.8. The van der Waals surface area contributed by atoms with E-state index in [4.69, 9.17) is 0 Å². The molecule has 3 N–H and O–H groups in total. The fourth-order valence-electron chi connectivity index (χ4n) is 5.95. The van der Waals surface area contributed by atoms with Crippen molar-refractivity contribution in [3.63, 3.8) is 0 Å². The highest BCUT2D eigenvalue weighted by Crippen LogP contribution is 2.27. The highest BCUT2D eigenvalue weighted by molar-refractivity contribution is 5.90. The van der Waals surface area contributed by atoms with Crippen molar-refractivity contribution >= 4 is 23.6 Å². The van der Waals surface area contributed by atoms with Gasteiger partial charge in [0.15, 0.2) is 0 Å². The number of hydrogen-bond donors (Lipinski definition) is 3. The standard InChI is InChI=1S/C39H51N5O4/c1-28(40-5)37(47)42-36(39(2,3)4)38(48)44-22-12-17-33(44)27-43(35(46)24-30-15-10-7-11-16-30)26-32-20-18-31(19-21-32)25-41-34(45)23-29-13-8-6-9-14-29/h6-11,13-16,18-21,28,33,36,40H,12,17,22-27H2,1-5H3,(H,41,45)(H,42,47)/t28-,33-,36+/m0/s1. The van der Waals surface area contributed by atoms with Crippen molar-refractivity contribution in [2.24, 2.45) is 5.41 Å². The van der Waals surface area contributed by atoms with E-state index in [0.29, 0.717) is 32.6 Å². The molecular formula is C39H51N5O4. The summed E-state index contributed by atoms with van der Waals surface area (Å²) in [7, 11) is 1.72. The van der Waals surface area contributed by atoms with Crippen LogP contribution in [0.4, 0.5) is 0 Å². The Balaban J connectivity index is 1.46. The Hall–Kier alpha value is -4.50. The summed E-state index contributed by atoms with van der Waals surface area (Å²) in [5.41, 5.74) is 3.34. The summed E-state index contributed by atoms with van der Waals surface area (Å²) >= 11 is 0. The lowest BCUT2D eigenvalue weighted by Gasteiger charge is -2.37. The number of likely N-dealkylation sites (N-methyl/N-ethyl adjacent to an activating group) is 1. The van der Waals surface area contributed by atoms with E-state index in [-0.39, 0.29) is 36.1 Å². The van der Waals surface area contributed by atoms with Crippen molar-refractivity contribution in [1.29, 1.82) is 0 Å². The Kier molecular flexibility index (Phi) is 12.9. The number of rotatable bonds is 14. The fraction of sp³-hybridized carbons (Fsp3) is 0.436. The first-order valence-electron chi connectivity index (χ1n) is 16.9. The summed E-state index contributed by atoms with van der Waals surface area (Å²) in [5.74, 6) is -0.388. The second-order valence-electron chi connectivity index (χ2n) is 13.8. The van der Waals surface area contributed by atoms with Crippen molar-refractivity contribution in [3.8, 4) is 0 Å². The monoisotopic (exact) mass is 653 g/mol. The number of nitrogens with zero attached hydrogens (tertiary/aromatic N) is 2. The normalized spacial score (nSPS) is 15.8. The number of amides is 4. The average Bonchev–Trinajstić information content (AvgIpc) is 3.54. The first-order valence-corrected chi connectivity index (χ1v) is 16.9. The summed E-state index contributed by atoms with van der Waals surface area (Å²) in [6.07, 6.45) is 2.20. The van der Waals surface area contributed by atoms with Crippen LogP contribution >= 0.6 is 0 Å². The predicted octanol–water partition coefficient (Wildman–Crippen LogP) is 4.25. The van der Waals surface area contributed by atoms with E-state index >= 15 is 0 Å². The molecule has 48 heavy (non-hydrogen) atoms. The van der Waals surface area contributed by atoms with E-state index in [0.717, 1.165) is 35.1 Å². The van der Waals surface area contributed by atoms with Crippen LogP contribution in [-0.2, 0) is 45.1 Å². The van der Waals surface area contributed by atoms with Crippen molar-refractivity contribution < 1.29 is 19.2 Å². The first kappa shape index (κ1) is 36.3. The lowest BCUT2D eigenvalue weighted by molar-refractivity contribution is -0.142. The van der Waals surface area contributed by atoms with Crippen molar-refractivity contribution in [1.82, 2.24) is 25.8 Å². The molecule has 0 radical (unpaired) electrons. The summed E-state index contributed by atoms with van der Waals surface area (Å²) in [5, 5.41) is 8.92. The van der Waals surface area contributed by atoms with Crippen molar-refractivity contribution in [2.45, 2.75) is 84.6 Å². The van der Waals surface area contributed by atoms with Gasteiger partial charge in [0.2, 0.25) is 23.6 Å². The molecular weight excluding hydrogens is 602 g/mol. The van der Waals surface area contributed by atoms with Gasteiger partial charge >= 0.3 is 0 Å². The second kappa shape index (κ2) is 17.1. The van der Waals surface area contributed by atoms with Gasteiger partial charge in [0.25, 0.3) is 0 Å². The molecule has 3 aromatic carbocycles. The van der Waals surface area contributed by atoms with E-state index in [1.807, 2.05) is 116 Å². The summed E-state index contributed by atoms with van der Waals surface area (Å²) in [4.78, 5) is 56.9. The van der Waals surface area contributed by atoms with Crippen molar-refractivity contribution in [3.05, 3.63) is 107 Å². The zero-order valence-electron chi connectivity index (χ0n) is 29.0. The van der Waals surface area contributed by atoms with Gasteiger partial charge in [0.05, 0.1) is 18.9 Å². The van der Waals surface area contributed by atoms with Gasteiger partial charge in [-0.25, -0.2) is 0 Å². The zero-order valence-corrected chi connectivity index (χ0v) is 29.0. The molecule has 0 aliphatic carbocycles. The maximum absolute atomic E-state index is 14.1. The van der Waals surface area contributed by atoms with Gasteiger partial charge in [-0.15, -0.1) is 0 Å². The van der Waals surface area contributed by atoms with Crippen LogP contribution in [0.5, 0.6) is 0 Å². The molecule has 256 valence electrons. The van der Waals surface area contributed by atoms with Gasteiger partial charge in [-0.2, -0.15) is 0 Å². The van der Waals surface area contributed by atoms with Crippen LogP contribution in [0.15, 0.2) is 84.9 Å². The molecule has 1 fully saturated rings. The first-order chi connectivity index (χ1) is 22.9. The molecule has 3 aromatic rings. The van der Waals surface area contributed by atoms with Crippen LogP contribution in [-0.4, -0.2) is 71.7 Å². The predicted molar refractivity (Wildman–Crippen MR) is 189 cm³/mol. The van der Waals surface area contributed by atoms with Crippen LogP contribution in [0.1, 0.15) is 62.8 Å². The van der Waals surface area contributed by atoms with Gasteiger partial charge < -0.3 is 25.8 Å². The third-order valence-electron chi connectivity index (χ3n) is 8.96. The van der Waals surface area contributed by atoms with E-state index in [1.165, 1.54) is 0 Å². The maximum atomic E-state index is 14.1. The van der Waals surface area contributed by atoms with Crippen LogP contribution in [0.2, 0.25) is 0 Å². The number of benzene rings is 3. The quantitative estimate of drug-likeness (QED) is 0.241. The smallest absolute Gasteiger partial charge is 0.246 e. The van der Waals surface area contributed by atoms with Gasteiger partial charge in [-0.3, -0.25) is 19.2 Å². The minimum Gasteiger partial charge on any atom is -0.352 e. The molecule has 1 saturated heterocycles. The molecule has 1 aliphatic heterocycles. The third kappa shape index (κ3) is 10.5. The minimum atomic E-state index is -0.699. The fourth-order valence-corrected chi connectivity index (χ4v) is 5.95. The minimum absolute atomic E-state index is 0.0127. The SMILES string of the molecule is CN[C@@H](C)C(=O)N[C@H](C(=O)N1CCC[C@H]1CN(Cc1ccc(CNC(=O)Cc2ccccc2)cc1)C(=O)Cc1ccccc1)C(C)(C)C. The number of nitrogens with one attached hydrogen (secondary N) is 3. The topological polar surface area (TPSA) is 111 Å². The average molecular weight is 654 g/mol. The Labute approximate surface area is 285 Å². The van der Waals surface area contributed by atoms with E-state index in [1.54, 1.807) is 14.0 Å². The maximum Gasteiger partial charge on any atom is 0.246 e. The molecule has 0 spiro atoms. The van der Waals surface area contributed by atoms with Crippen LogP contribution in [0.25, 0.3) is 0 Å². The lowest BCUT2D eigenvalue weighted by Crippen LogP contribution is -2.59. The lowest BCUT2D eigenvalue weighted by atomic mass is 9.85. The summed E-state index contributed by atoms with van der Waals surface area (Å²) < 4.78 is 0. The summed E-state index contributed by atoms with van der Waals surface area (Å²) in [6.45, 7) is 9.43. The highest BCUT2D eigenvalue weighted by atomic mass is 16.2. The number of carbonyl (C=O) groups excluding carboxylic acids is 4. The molecule has 9 heteroatoms. The molecule has 4 amide bonds. The zero-order chi connectivity index (χ0) is 34.7. The number of hydrogen-bond acceptors (Lipinski definition) is 5. The Morgan fingerprint density at radius 2 is 1.42 bits per heavy atom. The van der Waals surface area contributed by atoms with E-state index in [2.05, 4.69) is 16.0 Å². The van der Waals surface area contributed by atoms with Crippen LogP contribution < -0.4 is 16.0 Å².